The van der Waals surface area contributed by atoms with E-state index in [2.05, 4.69) is 35.3 Å². The van der Waals surface area contributed by atoms with E-state index in [1.807, 2.05) is 30.3 Å². The second-order valence-electron chi connectivity index (χ2n) is 8.98. The molecule has 5 rings (SSSR count). The van der Waals surface area contributed by atoms with Crippen molar-refractivity contribution in [3.8, 4) is 0 Å². The highest BCUT2D eigenvalue weighted by atomic mass is 32.3. The number of nitrogens with zero attached hydrogens (tertiary/aromatic N) is 2. The molecule has 0 unspecified atom stereocenters. The summed E-state index contributed by atoms with van der Waals surface area (Å²) < 4.78 is 26.7. The molecule has 1 saturated heterocycles. The van der Waals surface area contributed by atoms with Gasteiger partial charge in [-0.05, 0) is 37.1 Å². The average molecular weight is 455 g/mol. The van der Waals surface area contributed by atoms with Gasteiger partial charge < -0.3 is 20.7 Å². The van der Waals surface area contributed by atoms with Gasteiger partial charge in [-0.1, -0.05) is 29.8 Å². The molecule has 0 amide bonds. The van der Waals surface area contributed by atoms with Crippen LogP contribution in [0.15, 0.2) is 53.4 Å². The van der Waals surface area contributed by atoms with E-state index in [0.29, 0.717) is 31.2 Å². The van der Waals surface area contributed by atoms with Crippen molar-refractivity contribution in [1.29, 1.82) is 0 Å². The lowest BCUT2D eigenvalue weighted by Gasteiger charge is -2.37. The van der Waals surface area contributed by atoms with Crippen LogP contribution in [-0.2, 0) is 11.3 Å². The molecule has 2 aliphatic rings. The second kappa shape index (κ2) is 8.20. The number of nitrogens with one attached hydrogen (secondary N) is 1. The van der Waals surface area contributed by atoms with Crippen LogP contribution in [0.25, 0.3) is 10.9 Å². The zero-order valence-corrected chi connectivity index (χ0v) is 19.1. The fourth-order valence-electron chi connectivity index (χ4n) is 4.37. The van der Waals surface area contributed by atoms with Gasteiger partial charge in [0, 0.05) is 36.8 Å². The van der Waals surface area contributed by atoms with Crippen molar-refractivity contribution in [3.63, 3.8) is 0 Å². The first-order valence-electron chi connectivity index (χ1n) is 10.9. The third-order valence-corrected chi connectivity index (χ3v) is 8.18. The summed E-state index contributed by atoms with van der Waals surface area (Å²) in [4.78, 5) is 7.71. The SMILES string of the molecule is Cc1ccc2nc(N3CCS(O)(O)c4ccccc4C3)cc(NCCC3(N)COC3)c2c1. The Bertz CT molecular complexity index is 1150. The van der Waals surface area contributed by atoms with E-state index in [1.165, 1.54) is 5.56 Å². The number of fused-ring (bicyclic) bond motifs is 2. The van der Waals surface area contributed by atoms with Gasteiger partial charge in [0.05, 0.1) is 34.9 Å². The van der Waals surface area contributed by atoms with E-state index in [4.69, 9.17) is 15.5 Å². The normalized spacial score (nSPS) is 20.2. The first-order chi connectivity index (χ1) is 15.3. The first-order valence-corrected chi connectivity index (χ1v) is 12.7. The van der Waals surface area contributed by atoms with Crippen LogP contribution in [0.4, 0.5) is 11.5 Å². The van der Waals surface area contributed by atoms with Crippen molar-refractivity contribution in [1.82, 2.24) is 4.98 Å². The van der Waals surface area contributed by atoms with E-state index in [9.17, 15) is 9.11 Å². The summed E-state index contributed by atoms with van der Waals surface area (Å²) in [6.45, 7) is 5.14. The summed E-state index contributed by atoms with van der Waals surface area (Å²) in [5.41, 5.74) is 10.1. The Morgan fingerprint density at radius 2 is 2.00 bits per heavy atom. The zero-order chi connectivity index (χ0) is 22.3. The van der Waals surface area contributed by atoms with Gasteiger partial charge >= 0.3 is 0 Å². The van der Waals surface area contributed by atoms with Crippen LogP contribution in [0.3, 0.4) is 0 Å². The maximum atomic E-state index is 10.7. The van der Waals surface area contributed by atoms with Crippen LogP contribution in [-0.4, -0.2) is 51.7 Å². The third-order valence-electron chi connectivity index (χ3n) is 6.32. The van der Waals surface area contributed by atoms with Crippen molar-refractivity contribution in [2.24, 2.45) is 5.73 Å². The highest BCUT2D eigenvalue weighted by Gasteiger charge is 2.33. The summed E-state index contributed by atoms with van der Waals surface area (Å²) in [6.07, 6.45) is 0.829. The van der Waals surface area contributed by atoms with Crippen molar-refractivity contribution in [2.75, 3.05) is 42.3 Å². The van der Waals surface area contributed by atoms with E-state index < -0.39 is 10.6 Å². The number of rotatable bonds is 5. The molecule has 0 bridgehead atoms. The topological polar surface area (TPSA) is 104 Å². The van der Waals surface area contributed by atoms with E-state index >= 15 is 0 Å². The van der Waals surface area contributed by atoms with Crippen molar-refractivity contribution < 1.29 is 13.8 Å². The molecule has 170 valence electrons. The van der Waals surface area contributed by atoms with Crippen molar-refractivity contribution in [3.05, 3.63) is 59.7 Å². The van der Waals surface area contributed by atoms with Gasteiger partial charge in [-0.25, -0.2) is 4.98 Å². The predicted octanol–water partition coefficient (Wildman–Crippen LogP) is 4.20. The Morgan fingerprint density at radius 3 is 2.78 bits per heavy atom. The minimum absolute atomic E-state index is 0.239. The summed E-state index contributed by atoms with van der Waals surface area (Å²) in [5, 5.41) is 4.65. The fourth-order valence-corrected chi connectivity index (χ4v) is 5.91. The number of aromatic nitrogens is 1. The molecule has 1 fully saturated rings. The lowest BCUT2D eigenvalue weighted by atomic mass is 9.95. The predicted molar refractivity (Wildman–Crippen MR) is 131 cm³/mol. The molecule has 0 saturated carbocycles. The summed E-state index contributed by atoms with van der Waals surface area (Å²) in [6, 6.07) is 15.9. The van der Waals surface area contributed by atoms with Gasteiger partial charge in [-0.15, -0.1) is 0 Å². The maximum Gasteiger partial charge on any atom is 0.131 e. The Kier molecular flexibility index (Phi) is 5.51. The smallest absolute Gasteiger partial charge is 0.131 e. The van der Waals surface area contributed by atoms with Gasteiger partial charge in [-0.2, -0.15) is 10.6 Å². The van der Waals surface area contributed by atoms with E-state index in [1.54, 1.807) is 0 Å². The number of benzene rings is 2. The standard InChI is InChI=1S/C24H30N4O3S/c1-17-6-7-20-19(12-17)21(26-9-8-24(25)15-31-16-24)13-23(27-20)28-10-11-32(29,30)22-5-3-2-4-18(22)14-28/h2-7,12-13,29-30H,8-11,14-16,25H2,1H3,(H,26,27). The Hall–Kier alpha value is -2.36. The first kappa shape index (κ1) is 21.5. The molecule has 3 aromatic rings. The highest BCUT2D eigenvalue weighted by Crippen LogP contribution is 2.51. The lowest BCUT2D eigenvalue weighted by Crippen LogP contribution is -2.58. The summed E-state index contributed by atoms with van der Waals surface area (Å²) >= 11 is 0. The zero-order valence-electron chi connectivity index (χ0n) is 18.3. The van der Waals surface area contributed by atoms with Crippen LogP contribution < -0.4 is 16.0 Å². The van der Waals surface area contributed by atoms with Crippen LogP contribution in [0, 0.1) is 6.92 Å². The molecule has 5 N–H and O–H groups in total. The van der Waals surface area contributed by atoms with E-state index in [0.717, 1.165) is 40.9 Å². The molecule has 0 radical (unpaired) electrons. The molecule has 7 nitrogen and oxygen atoms in total. The molecule has 2 aliphatic heterocycles. The van der Waals surface area contributed by atoms with Gasteiger partial charge in [0.1, 0.15) is 5.82 Å². The van der Waals surface area contributed by atoms with Crippen LogP contribution in [0.1, 0.15) is 17.5 Å². The minimum atomic E-state index is -2.82. The minimum Gasteiger partial charge on any atom is -0.384 e. The molecule has 0 atom stereocenters. The molecular weight excluding hydrogens is 424 g/mol. The fraction of sp³-hybridized carbons (Fsp3) is 0.375. The number of anilines is 2. The van der Waals surface area contributed by atoms with Gasteiger partial charge in [-0.3, -0.25) is 9.11 Å². The number of hydrogen-bond acceptors (Lipinski definition) is 7. The van der Waals surface area contributed by atoms with Crippen molar-refractivity contribution in [2.45, 2.75) is 30.3 Å². The quantitative estimate of drug-likeness (QED) is 0.458. The average Bonchev–Trinajstić information content (AvgIpc) is 2.89. The molecule has 1 aromatic heterocycles. The summed E-state index contributed by atoms with van der Waals surface area (Å²) in [5.74, 6) is 1.11. The Balaban J connectivity index is 1.48. The molecule has 0 aliphatic carbocycles. The van der Waals surface area contributed by atoms with Gasteiger partial charge in [0.15, 0.2) is 0 Å². The number of aryl methyl sites for hydroxylation is 1. The number of hydrogen-bond donors (Lipinski definition) is 4. The summed E-state index contributed by atoms with van der Waals surface area (Å²) in [7, 11) is -2.82. The van der Waals surface area contributed by atoms with Gasteiger partial charge in [0.2, 0.25) is 0 Å². The largest absolute Gasteiger partial charge is 0.384 e. The Morgan fingerprint density at radius 1 is 1.19 bits per heavy atom. The van der Waals surface area contributed by atoms with E-state index in [-0.39, 0.29) is 11.3 Å². The monoisotopic (exact) mass is 454 g/mol. The maximum absolute atomic E-state index is 10.7. The van der Waals surface area contributed by atoms with Crippen molar-refractivity contribution >= 4 is 33.0 Å². The van der Waals surface area contributed by atoms with Crippen LogP contribution in [0.5, 0.6) is 0 Å². The molecule has 2 aromatic carbocycles. The molecule has 3 heterocycles. The molecule has 32 heavy (non-hydrogen) atoms. The number of nitrogens with two attached hydrogens (primary N) is 1. The van der Waals surface area contributed by atoms with Crippen LogP contribution >= 0.6 is 10.6 Å². The van der Waals surface area contributed by atoms with Crippen LogP contribution in [0.2, 0.25) is 0 Å². The lowest BCUT2D eigenvalue weighted by molar-refractivity contribution is -0.0555. The number of ether oxygens (including phenoxy) is 1. The molecule has 8 heteroatoms. The molecule has 0 spiro atoms. The third kappa shape index (κ3) is 4.16. The van der Waals surface area contributed by atoms with Gasteiger partial charge in [0.25, 0.3) is 0 Å². The second-order valence-corrected chi connectivity index (χ2v) is 11.2. The highest BCUT2D eigenvalue weighted by molar-refractivity contribution is 8.24. The number of pyridine rings is 1. The Labute approximate surface area is 189 Å². The molecular formula is C24H30N4O3S.